The van der Waals surface area contributed by atoms with Gasteiger partial charge in [-0.3, -0.25) is 9.69 Å². The van der Waals surface area contributed by atoms with Crippen molar-refractivity contribution in [2.24, 2.45) is 5.92 Å². The van der Waals surface area contributed by atoms with Gasteiger partial charge in [0.2, 0.25) is 0 Å². The summed E-state index contributed by atoms with van der Waals surface area (Å²) in [6.45, 7) is 7.50. The highest BCUT2D eigenvalue weighted by molar-refractivity contribution is 5.67. The van der Waals surface area contributed by atoms with Gasteiger partial charge in [0.25, 0.3) is 0 Å². The van der Waals surface area contributed by atoms with Crippen molar-refractivity contribution in [2.45, 2.75) is 39.2 Å². The van der Waals surface area contributed by atoms with Crippen LogP contribution in [-0.4, -0.2) is 48.3 Å². The maximum atomic E-state index is 10.9. The van der Waals surface area contributed by atoms with Crippen molar-refractivity contribution >= 4 is 5.97 Å². The van der Waals surface area contributed by atoms with E-state index in [1.54, 1.807) is 0 Å². The maximum Gasteiger partial charge on any atom is 0.304 e. The molecule has 0 bridgehead atoms. The summed E-state index contributed by atoms with van der Waals surface area (Å²) in [6, 6.07) is 0.168. The van der Waals surface area contributed by atoms with E-state index in [4.69, 9.17) is 9.84 Å². The smallest absolute Gasteiger partial charge is 0.304 e. The second-order valence-corrected chi connectivity index (χ2v) is 4.58. The molecule has 2 atom stereocenters. The maximum absolute atomic E-state index is 10.9. The number of nitrogens with zero attached hydrogens (tertiary/aromatic N) is 1. The van der Waals surface area contributed by atoms with Crippen molar-refractivity contribution in [1.29, 1.82) is 0 Å². The number of ether oxygens (including phenoxy) is 1. The summed E-state index contributed by atoms with van der Waals surface area (Å²) in [5.74, 6) is -0.251. The minimum atomic E-state index is -0.695. The van der Waals surface area contributed by atoms with E-state index < -0.39 is 5.97 Å². The van der Waals surface area contributed by atoms with E-state index in [9.17, 15) is 4.79 Å². The number of morpholine rings is 1. The number of hydrogen-bond donors (Lipinski definition) is 1. The Kier molecular flexibility index (Phi) is 5.77. The van der Waals surface area contributed by atoms with Gasteiger partial charge in [0.1, 0.15) is 0 Å². The molecule has 0 aromatic rings. The Bertz CT molecular complexity index is 214. The predicted octanol–water partition coefficient (Wildman–Crippen LogP) is 1.60. The second kappa shape index (κ2) is 6.86. The van der Waals surface area contributed by atoms with E-state index >= 15 is 0 Å². The lowest BCUT2D eigenvalue weighted by atomic mass is 9.92. The van der Waals surface area contributed by atoms with E-state index in [1.165, 1.54) is 0 Å². The molecule has 1 saturated heterocycles. The van der Waals surface area contributed by atoms with Crippen molar-refractivity contribution < 1.29 is 14.6 Å². The fourth-order valence-corrected chi connectivity index (χ4v) is 2.43. The monoisotopic (exact) mass is 229 g/mol. The standard InChI is InChI=1S/C12H23NO3/c1-3-4-10(2)11(9-12(14)15)13-5-7-16-8-6-13/h10-11H,3-9H2,1-2H3,(H,14,15). The molecular weight excluding hydrogens is 206 g/mol. The van der Waals surface area contributed by atoms with Gasteiger partial charge >= 0.3 is 5.97 Å². The summed E-state index contributed by atoms with van der Waals surface area (Å²) in [7, 11) is 0. The fourth-order valence-electron chi connectivity index (χ4n) is 2.43. The third kappa shape index (κ3) is 4.10. The van der Waals surface area contributed by atoms with Gasteiger partial charge < -0.3 is 9.84 Å². The lowest BCUT2D eigenvalue weighted by Gasteiger charge is -2.37. The van der Waals surface area contributed by atoms with Gasteiger partial charge in [-0.25, -0.2) is 0 Å². The molecule has 0 saturated carbocycles. The van der Waals surface area contributed by atoms with Crippen molar-refractivity contribution in [3.05, 3.63) is 0 Å². The fraction of sp³-hybridized carbons (Fsp3) is 0.917. The van der Waals surface area contributed by atoms with Crippen LogP contribution in [0, 0.1) is 5.92 Å². The molecule has 94 valence electrons. The second-order valence-electron chi connectivity index (χ2n) is 4.58. The molecule has 0 spiro atoms. The molecule has 0 aromatic heterocycles. The number of aliphatic carboxylic acids is 1. The molecular formula is C12H23NO3. The van der Waals surface area contributed by atoms with E-state index in [0.717, 1.165) is 39.1 Å². The minimum Gasteiger partial charge on any atom is -0.481 e. The van der Waals surface area contributed by atoms with Crippen LogP contribution >= 0.6 is 0 Å². The summed E-state index contributed by atoms with van der Waals surface area (Å²) in [5, 5.41) is 8.97. The molecule has 2 unspecified atom stereocenters. The van der Waals surface area contributed by atoms with Crippen LogP contribution < -0.4 is 0 Å². The number of carbonyl (C=O) groups is 1. The van der Waals surface area contributed by atoms with Crippen molar-refractivity contribution in [3.63, 3.8) is 0 Å². The Morgan fingerprint density at radius 2 is 2.06 bits per heavy atom. The third-order valence-corrected chi connectivity index (χ3v) is 3.30. The van der Waals surface area contributed by atoms with E-state index in [2.05, 4.69) is 18.7 Å². The van der Waals surface area contributed by atoms with E-state index in [1.807, 2.05) is 0 Å². The summed E-state index contributed by atoms with van der Waals surface area (Å²) < 4.78 is 5.31. The number of rotatable bonds is 6. The van der Waals surface area contributed by atoms with Crippen LogP contribution in [-0.2, 0) is 9.53 Å². The quantitative estimate of drug-likeness (QED) is 0.751. The number of carboxylic acid groups (broad SMARTS) is 1. The Labute approximate surface area is 97.6 Å². The zero-order valence-electron chi connectivity index (χ0n) is 10.3. The molecule has 1 rings (SSSR count). The van der Waals surface area contributed by atoms with Gasteiger partial charge in [0, 0.05) is 19.1 Å². The largest absolute Gasteiger partial charge is 0.481 e. The molecule has 0 aromatic carbocycles. The highest BCUT2D eigenvalue weighted by atomic mass is 16.5. The van der Waals surface area contributed by atoms with Gasteiger partial charge in [-0.15, -0.1) is 0 Å². The Morgan fingerprint density at radius 1 is 1.44 bits per heavy atom. The van der Waals surface area contributed by atoms with E-state index in [0.29, 0.717) is 5.92 Å². The Morgan fingerprint density at radius 3 is 2.56 bits per heavy atom. The first-order chi connectivity index (χ1) is 7.65. The van der Waals surface area contributed by atoms with Gasteiger partial charge in [0.15, 0.2) is 0 Å². The number of hydrogen-bond acceptors (Lipinski definition) is 3. The average Bonchev–Trinajstić information content (AvgIpc) is 2.27. The lowest BCUT2D eigenvalue weighted by Crippen LogP contribution is -2.47. The topological polar surface area (TPSA) is 49.8 Å². The first-order valence-corrected chi connectivity index (χ1v) is 6.18. The minimum absolute atomic E-state index is 0.168. The van der Waals surface area contributed by atoms with Gasteiger partial charge in [0.05, 0.1) is 19.6 Å². The molecule has 16 heavy (non-hydrogen) atoms. The van der Waals surface area contributed by atoms with Crippen LogP contribution in [0.1, 0.15) is 33.1 Å². The van der Waals surface area contributed by atoms with Gasteiger partial charge in [-0.2, -0.15) is 0 Å². The summed E-state index contributed by atoms with van der Waals surface area (Å²) in [5.41, 5.74) is 0. The van der Waals surface area contributed by atoms with Crippen molar-refractivity contribution in [1.82, 2.24) is 4.90 Å². The average molecular weight is 229 g/mol. The molecule has 1 N–H and O–H groups in total. The molecule has 0 amide bonds. The molecule has 4 heteroatoms. The molecule has 0 radical (unpaired) electrons. The molecule has 1 heterocycles. The predicted molar refractivity (Wildman–Crippen MR) is 62.5 cm³/mol. The molecule has 1 aliphatic rings. The molecule has 1 aliphatic heterocycles. The van der Waals surface area contributed by atoms with Gasteiger partial charge in [-0.1, -0.05) is 20.3 Å². The van der Waals surface area contributed by atoms with Crippen molar-refractivity contribution in [3.8, 4) is 0 Å². The first-order valence-electron chi connectivity index (χ1n) is 6.18. The normalized spacial score (nSPS) is 21.6. The van der Waals surface area contributed by atoms with Crippen LogP contribution in [0.5, 0.6) is 0 Å². The zero-order valence-corrected chi connectivity index (χ0v) is 10.3. The van der Waals surface area contributed by atoms with Gasteiger partial charge in [-0.05, 0) is 12.3 Å². The zero-order chi connectivity index (χ0) is 12.0. The van der Waals surface area contributed by atoms with Crippen LogP contribution in [0.25, 0.3) is 0 Å². The molecule has 1 fully saturated rings. The lowest BCUT2D eigenvalue weighted by molar-refractivity contribution is -0.139. The van der Waals surface area contributed by atoms with E-state index in [-0.39, 0.29) is 12.5 Å². The molecule has 4 nitrogen and oxygen atoms in total. The van der Waals surface area contributed by atoms with Crippen molar-refractivity contribution in [2.75, 3.05) is 26.3 Å². The van der Waals surface area contributed by atoms with Crippen LogP contribution in [0.2, 0.25) is 0 Å². The third-order valence-electron chi connectivity index (χ3n) is 3.30. The Hall–Kier alpha value is -0.610. The van der Waals surface area contributed by atoms with Crippen LogP contribution in [0.4, 0.5) is 0 Å². The SMILES string of the molecule is CCCC(C)C(CC(=O)O)N1CCOCC1. The first kappa shape index (κ1) is 13.5. The summed E-state index contributed by atoms with van der Waals surface area (Å²) >= 11 is 0. The summed E-state index contributed by atoms with van der Waals surface area (Å²) in [6.07, 6.45) is 2.46. The highest BCUT2D eigenvalue weighted by Gasteiger charge is 2.27. The highest BCUT2D eigenvalue weighted by Crippen LogP contribution is 2.20. The summed E-state index contributed by atoms with van der Waals surface area (Å²) in [4.78, 5) is 13.2. The van der Waals surface area contributed by atoms with Crippen LogP contribution in [0.3, 0.4) is 0 Å². The van der Waals surface area contributed by atoms with Crippen LogP contribution in [0.15, 0.2) is 0 Å². The number of carboxylic acids is 1. The Balaban J connectivity index is 2.56. The molecule has 0 aliphatic carbocycles.